The Labute approximate surface area is 95.5 Å². The van der Waals surface area contributed by atoms with E-state index in [1.807, 2.05) is 12.1 Å². The van der Waals surface area contributed by atoms with Gasteiger partial charge >= 0.3 is 0 Å². The molecule has 0 atom stereocenters. The van der Waals surface area contributed by atoms with Crippen molar-refractivity contribution in [2.24, 2.45) is 0 Å². The Kier molecular flexibility index (Phi) is 3.56. The first kappa shape index (κ1) is 11.6. The summed E-state index contributed by atoms with van der Waals surface area (Å²) in [6.45, 7) is 1.91. The molecule has 0 aliphatic carbocycles. The van der Waals surface area contributed by atoms with Crippen molar-refractivity contribution in [2.75, 3.05) is 19.7 Å². The van der Waals surface area contributed by atoms with E-state index in [-0.39, 0.29) is 17.8 Å². The van der Waals surface area contributed by atoms with Crippen LogP contribution in [0, 0.1) is 5.82 Å². The van der Waals surface area contributed by atoms with Crippen LogP contribution in [-0.4, -0.2) is 24.8 Å². The van der Waals surface area contributed by atoms with Gasteiger partial charge in [-0.05, 0) is 44.0 Å². The molecule has 1 fully saturated rings. The van der Waals surface area contributed by atoms with E-state index in [0.29, 0.717) is 6.42 Å². The molecule has 1 aromatic rings. The number of hydrogen-bond acceptors (Lipinski definition) is 2. The molecule has 3 heteroatoms. The Morgan fingerprint density at radius 3 is 2.56 bits per heavy atom. The second-order valence-electron chi connectivity index (χ2n) is 4.48. The fraction of sp³-hybridized carbons (Fsp3) is 0.538. The molecule has 0 saturated carbocycles. The van der Waals surface area contributed by atoms with Gasteiger partial charge in [-0.3, -0.25) is 0 Å². The second-order valence-corrected chi connectivity index (χ2v) is 4.48. The minimum Gasteiger partial charge on any atom is -0.396 e. The molecule has 0 unspecified atom stereocenters. The summed E-state index contributed by atoms with van der Waals surface area (Å²) in [6, 6.07) is 6.96. The molecular weight excluding hydrogens is 205 g/mol. The molecule has 1 aliphatic rings. The molecule has 2 rings (SSSR count). The summed E-state index contributed by atoms with van der Waals surface area (Å²) in [5.41, 5.74) is 0.594. The van der Waals surface area contributed by atoms with Crippen LogP contribution in [0.25, 0.3) is 0 Å². The average Bonchev–Trinajstić information content (AvgIpc) is 2.31. The highest BCUT2D eigenvalue weighted by Crippen LogP contribution is 2.37. The summed E-state index contributed by atoms with van der Waals surface area (Å²) in [5, 5.41) is 12.5. The Morgan fingerprint density at radius 1 is 1.25 bits per heavy atom. The highest BCUT2D eigenvalue weighted by molar-refractivity contribution is 5.28. The molecule has 0 radical (unpaired) electrons. The summed E-state index contributed by atoms with van der Waals surface area (Å²) < 4.78 is 13.8. The van der Waals surface area contributed by atoms with Gasteiger partial charge in [0.15, 0.2) is 0 Å². The van der Waals surface area contributed by atoms with Crippen LogP contribution in [0.3, 0.4) is 0 Å². The topological polar surface area (TPSA) is 32.3 Å². The lowest BCUT2D eigenvalue weighted by atomic mass is 9.71. The first-order valence-corrected chi connectivity index (χ1v) is 5.85. The zero-order valence-corrected chi connectivity index (χ0v) is 9.38. The molecular formula is C13H18FNO. The molecule has 88 valence electrons. The number of nitrogens with one attached hydrogen (secondary N) is 1. The third-order valence-electron chi connectivity index (χ3n) is 3.60. The van der Waals surface area contributed by atoms with E-state index in [1.54, 1.807) is 6.07 Å². The number of halogens is 1. The van der Waals surface area contributed by atoms with Gasteiger partial charge in [-0.15, -0.1) is 0 Å². The van der Waals surface area contributed by atoms with Crippen LogP contribution in [0.5, 0.6) is 0 Å². The molecule has 16 heavy (non-hydrogen) atoms. The molecule has 0 spiro atoms. The predicted octanol–water partition coefficient (Wildman–Crippen LogP) is 1.83. The van der Waals surface area contributed by atoms with Crippen LogP contribution in [0.15, 0.2) is 24.3 Å². The molecule has 1 aromatic carbocycles. The largest absolute Gasteiger partial charge is 0.396 e. The summed E-state index contributed by atoms with van der Waals surface area (Å²) in [6.07, 6.45) is 2.44. The zero-order valence-electron chi connectivity index (χ0n) is 9.38. The Balaban J connectivity index is 2.34. The fourth-order valence-electron chi connectivity index (χ4n) is 2.66. The van der Waals surface area contributed by atoms with Gasteiger partial charge in [-0.25, -0.2) is 4.39 Å². The number of piperidine rings is 1. The lowest BCUT2D eigenvalue weighted by Gasteiger charge is -2.38. The molecule has 1 heterocycles. The fourth-order valence-corrected chi connectivity index (χ4v) is 2.66. The Hall–Kier alpha value is -0.930. The van der Waals surface area contributed by atoms with E-state index in [1.165, 1.54) is 6.07 Å². The van der Waals surface area contributed by atoms with Crippen molar-refractivity contribution in [3.05, 3.63) is 35.6 Å². The average molecular weight is 223 g/mol. The van der Waals surface area contributed by atoms with Crippen LogP contribution in [-0.2, 0) is 5.41 Å². The molecule has 0 aromatic heterocycles. The van der Waals surface area contributed by atoms with E-state index in [0.717, 1.165) is 31.5 Å². The maximum Gasteiger partial charge on any atom is 0.126 e. The van der Waals surface area contributed by atoms with Gasteiger partial charge in [0, 0.05) is 12.0 Å². The van der Waals surface area contributed by atoms with E-state index in [9.17, 15) is 9.50 Å². The van der Waals surface area contributed by atoms with Gasteiger partial charge in [0.25, 0.3) is 0 Å². The molecule has 0 amide bonds. The lowest BCUT2D eigenvalue weighted by Crippen LogP contribution is -2.41. The third kappa shape index (κ3) is 2.11. The number of rotatable bonds is 3. The molecule has 0 bridgehead atoms. The second kappa shape index (κ2) is 4.93. The quantitative estimate of drug-likeness (QED) is 0.819. The Bertz CT molecular complexity index is 342. The van der Waals surface area contributed by atoms with Crippen molar-refractivity contribution in [3.63, 3.8) is 0 Å². The minimum absolute atomic E-state index is 0.119. The van der Waals surface area contributed by atoms with Crippen molar-refractivity contribution < 1.29 is 9.50 Å². The maximum absolute atomic E-state index is 13.8. The highest BCUT2D eigenvalue weighted by Gasteiger charge is 2.35. The molecule has 2 nitrogen and oxygen atoms in total. The van der Waals surface area contributed by atoms with Gasteiger partial charge in [0.2, 0.25) is 0 Å². The summed E-state index contributed by atoms with van der Waals surface area (Å²) >= 11 is 0. The molecule has 2 N–H and O–H groups in total. The van der Waals surface area contributed by atoms with Gasteiger partial charge in [-0.2, -0.15) is 0 Å². The number of benzene rings is 1. The first-order valence-electron chi connectivity index (χ1n) is 5.85. The number of aliphatic hydroxyl groups is 1. The lowest BCUT2D eigenvalue weighted by molar-refractivity contribution is 0.200. The smallest absolute Gasteiger partial charge is 0.126 e. The SMILES string of the molecule is OCCC1(c2ccccc2F)CCNCC1. The van der Waals surface area contributed by atoms with Gasteiger partial charge in [-0.1, -0.05) is 18.2 Å². The molecule has 1 aliphatic heterocycles. The number of aliphatic hydroxyl groups excluding tert-OH is 1. The van der Waals surface area contributed by atoms with E-state index in [4.69, 9.17) is 0 Å². The van der Waals surface area contributed by atoms with Crippen LogP contribution in [0.4, 0.5) is 4.39 Å². The van der Waals surface area contributed by atoms with E-state index >= 15 is 0 Å². The van der Waals surface area contributed by atoms with Crippen molar-refractivity contribution >= 4 is 0 Å². The normalized spacial score (nSPS) is 19.6. The van der Waals surface area contributed by atoms with Crippen LogP contribution < -0.4 is 5.32 Å². The zero-order chi connectivity index (χ0) is 11.4. The molecule has 1 saturated heterocycles. The van der Waals surface area contributed by atoms with Crippen molar-refractivity contribution in [1.82, 2.24) is 5.32 Å². The monoisotopic (exact) mass is 223 g/mol. The summed E-state index contributed by atoms with van der Waals surface area (Å²) in [5.74, 6) is -0.141. The van der Waals surface area contributed by atoms with Crippen molar-refractivity contribution in [3.8, 4) is 0 Å². The van der Waals surface area contributed by atoms with E-state index < -0.39 is 0 Å². The van der Waals surface area contributed by atoms with Crippen molar-refractivity contribution in [1.29, 1.82) is 0 Å². The van der Waals surface area contributed by atoms with Crippen molar-refractivity contribution in [2.45, 2.75) is 24.7 Å². The van der Waals surface area contributed by atoms with Crippen LogP contribution in [0.1, 0.15) is 24.8 Å². The predicted molar refractivity (Wildman–Crippen MR) is 61.9 cm³/mol. The van der Waals surface area contributed by atoms with Crippen LogP contribution >= 0.6 is 0 Å². The number of hydrogen-bond donors (Lipinski definition) is 2. The summed E-state index contributed by atoms with van der Waals surface area (Å²) in [4.78, 5) is 0. The minimum atomic E-state index is -0.175. The maximum atomic E-state index is 13.8. The van der Waals surface area contributed by atoms with E-state index in [2.05, 4.69) is 5.32 Å². The van der Waals surface area contributed by atoms with Crippen LogP contribution in [0.2, 0.25) is 0 Å². The highest BCUT2D eigenvalue weighted by atomic mass is 19.1. The third-order valence-corrected chi connectivity index (χ3v) is 3.60. The summed E-state index contributed by atoms with van der Waals surface area (Å²) in [7, 11) is 0. The van der Waals surface area contributed by atoms with Gasteiger partial charge in [0.1, 0.15) is 5.82 Å². The standard InChI is InChI=1S/C13H18FNO/c14-12-4-2-1-3-11(12)13(7-10-16)5-8-15-9-6-13/h1-4,15-16H,5-10H2. The Morgan fingerprint density at radius 2 is 1.94 bits per heavy atom. The van der Waals surface area contributed by atoms with Gasteiger partial charge < -0.3 is 10.4 Å². The first-order chi connectivity index (χ1) is 7.78. The van der Waals surface area contributed by atoms with Gasteiger partial charge in [0.05, 0.1) is 0 Å².